The maximum Gasteiger partial charge on any atom is 0.371 e. The molecule has 2 aromatic heterocycles. The molecule has 0 aliphatic carbocycles. The number of nitrogens with one attached hydrogen (secondary N) is 1. The molecule has 3 aromatic rings. The van der Waals surface area contributed by atoms with Crippen molar-refractivity contribution in [3.8, 4) is 0 Å². The van der Waals surface area contributed by atoms with Crippen LogP contribution < -0.4 is 5.32 Å². The molecule has 0 aliphatic heterocycles. The molecule has 0 spiro atoms. The summed E-state index contributed by atoms with van der Waals surface area (Å²) in [7, 11) is 0. The first kappa shape index (κ1) is 13.9. The van der Waals surface area contributed by atoms with Crippen molar-refractivity contribution < 1.29 is 14.3 Å². The van der Waals surface area contributed by atoms with Gasteiger partial charge in [-0.1, -0.05) is 12.1 Å². The zero-order chi connectivity index (χ0) is 14.8. The van der Waals surface area contributed by atoms with Gasteiger partial charge in [0.1, 0.15) is 5.58 Å². The number of hydrogen-bond donors (Lipinski definition) is 2. The average molecular weight is 301 g/mol. The molecule has 2 N–H and O–H groups in total. The minimum atomic E-state index is -1.04. The second-order valence-corrected chi connectivity index (χ2v) is 5.89. The van der Waals surface area contributed by atoms with Crippen molar-refractivity contribution in [1.82, 2.24) is 5.32 Å². The van der Waals surface area contributed by atoms with E-state index in [4.69, 9.17) is 9.52 Å². The fraction of sp³-hybridized carbons (Fsp3) is 0.188. The second kappa shape index (κ2) is 5.71. The molecule has 5 heteroatoms. The molecular weight excluding hydrogens is 286 g/mol. The van der Waals surface area contributed by atoms with Crippen molar-refractivity contribution in [2.75, 3.05) is 0 Å². The highest BCUT2D eigenvalue weighted by Crippen LogP contribution is 2.22. The van der Waals surface area contributed by atoms with E-state index in [9.17, 15) is 4.79 Å². The smallest absolute Gasteiger partial charge is 0.371 e. The van der Waals surface area contributed by atoms with Gasteiger partial charge in [0.05, 0.1) is 0 Å². The van der Waals surface area contributed by atoms with E-state index in [0.717, 1.165) is 17.5 Å². The fourth-order valence-corrected chi connectivity index (χ4v) is 2.98. The molecule has 0 saturated carbocycles. The molecule has 0 bridgehead atoms. The lowest BCUT2D eigenvalue weighted by atomic mass is 10.1. The molecule has 0 fully saturated rings. The van der Waals surface area contributed by atoms with Crippen LogP contribution in [0.1, 0.15) is 34.0 Å². The molecule has 3 rings (SSSR count). The average Bonchev–Trinajstić information content (AvgIpc) is 3.13. The molecule has 2 heterocycles. The Balaban J connectivity index is 1.73. The summed E-state index contributed by atoms with van der Waals surface area (Å²) >= 11 is 1.73. The third-order valence-corrected chi connectivity index (χ3v) is 4.43. The molecule has 0 unspecified atom stereocenters. The monoisotopic (exact) mass is 301 g/mol. The van der Waals surface area contributed by atoms with Crippen molar-refractivity contribution in [3.63, 3.8) is 0 Å². The highest BCUT2D eigenvalue weighted by Gasteiger charge is 2.11. The van der Waals surface area contributed by atoms with E-state index in [1.54, 1.807) is 17.4 Å². The Morgan fingerprint density at radius 3 is 2.95 bits per heavy atom. The number of furan rings is 1. The standard InChI is InChI=1S/C16H15NO3S/c1-10(15-3-2-6-21-15)17-9-11-4-5-13-12(7-11)8-14(20-13)16(18)19/h2-8,10,17H,9H2,1H3,(H,18,19)/t10-/m1/s1. The van der Waals surface area contributed by atoms with Crippen LogP contribution in [0.3, 0.4) is 0 Å². The van der Waals surface area contributed by atoms with Gasteiger partial charge in [0.2, 0.25) is 5.76 Å². The SMILES string of the molecule is C[C@@H](NCc1ccc2oc(C(=O)O)cc2c1)c1cccs1. The van der Waals surface area contributed by atoms with Crippen LogP contribution in [0.25, 0.3) is 11.0 Å². The van der Waals surface area contributed by atoms with Gasteiger partial charge in [-0.3, -0.25) is 0 Å². The van der Waals surface area contributed by atoms with Crippen molar-refractivity contribution in [2.24, 2.45) is 0 Å². The topological polar surface area (TPSA) is 62.5 Å². The van der Waals surface area contributed by atoms with Crippen LogP contribution in [-0.2, 0) is 6.54 Å². The van der Waals surface area contributed by atoms with Crippen LogP contribution in [-0.4, -0.2) is 11.1 Å². The zero-order valence-corrected chi connectivity index (χ0v) is 12.3. The number of carboxylic acid groups (broad SMARTS) is 1. The summed E-state index contributed by atoms with van der Waals surface area (Å²) in [4.78, 5) is 12.2. The van der Waals surface area contributed by atoms with Gasteiger partial charge < -0.3 is 14.8 Å². The van der Waals surface area contributed by atoms with Gasteiger partial charge in [-0.25, -0.2) is 4.79 Å². The molecule has 0 radical (unpaired) electrons. The van der Waals surface area contributed by atoms with Crippen LogP contribution >= 0.6 is 11.3 Å². The highest BCUT2D eigenvalue weighted by molar-refractivity contribution is 7.10. The van der Waals surface area contributed by atoms with E-state index in [1.165, 1.54) is 4.88 Å². The van der Waals surface area contributed by atoms with Crippen LogP contribution in [0.15, 0.2) is 46.2 Å². The molecule has 0 saturated heterocycles. The van der Waals surface area contributed by atoms with Gasteiger partial charge in [-0.05, 0) is 42.1 Å². The van der Waals surface area contributed by atoms with E-state index in [-0.39, 0.29) is 5.76 Å². The van der Waals surface area contributed by atoms with Crippen LogP contribution in [0.4, 0.5) is 0 Å². The first-order chi connectivity index (χ1) is 10.1. The van der Waals surface area contributed by atoms with Crippen molar-refractivity contribution in [2.45, 2.75) is 19.5 Å². The minimum absolute atomic E-state index is 0.0259. The first-order valence-electron chi connectivity index (χ1n) is 6.66. The lowest BCUT2D eigenvalue weighted by Crippen LogP contribution is -2.16. The van der Waals surface area contributed by atoms with Crippen LogP contribution in [0.2, 0.25) is 0 Å². The zero-order valence-electron chi connectivity index (χ0n) is 11.5. The molecule has 4 nitrogen and oxygen atoms in total. The second-order valence-electron chi connectivity index (χ2n) is 4.91. The Labute approximate surface area is 126 Å². The summed E-state index contributed by atoms with van der Waals surface area (Å²) < 4.78 is 5.25. The van der Waals surface area contributed by atoms with Gasteiger partial charge >= 0.3 is 5.97 Å². The highest BCUT2D eigenvalue weighted by atomic mass is 32.1. The normalized spacial score (nSPS) is 12.6. The van der Waals surface area contributed by atoms with Crippen molar-refractivity contribution in [1.29, 1.82) is 0 Å². The molecule has 0 aliphatic rings. The van der Waals surface area contributed by atoms with E-state index >= 15 is 0 Å². The number of hydrogen-bond acceptors (Lipinski definition) is 4. The summed E-state index contributed by atoms with van der Waals surface area (Å²) in [5, 5.41) is 15.3. The third-order valence-electron chi connectivity index (χ3n) is 3.37. The van der Waals surface area contributed by atoms with Gasteiger partial charge in [0, 0.05) is 22.8 Å². The minimum Gasteiger partial charge on any atom is -0.475 e. The Morgan fingerprint density at radius 1 is 1.38 bits per heavy atom. The molecule has 0 amide bonds. The summed E-state index contributed by atoms with van der Waals surface area (Å²) in [5.41, 5.74) is 1.70. The number of rotatable bonds is 5. The predicted molar refractivity (Wildman–Crippen MR) is 82.7 cm³/mol. The number of thiophene rings is 1. The first-order valence-corrected chi connectivity index (χ1v) is 7.54. The maximum absolute atomic E-state index is 10.9. The quantitative estimate of drug-likeness (QED) is 0.746. The Hall–Kier alpha value is -2.11. The van der Waals surface area contributed by atoms with Gasteiger partial charge in [-0.2, -0.15) is 0 Å². The largest absolute Gasteiger partial charge is 0.475 e. The summed E-state index contributed by atoms with van der Waals surface area (Å²) in [5.74, 6) is -1.07. The third kappa shape index (κ3) is 2.99. The Morgan fingerprint density at radius 2 is 2.24 bits per heavy atom. The fourth-order valence-electron chi connectivity index (χ4n) is 2.22. The van der Waals surface area contributed by atoms with Gasteiger partial charge in [0.15, 0.2) is 0 Å². The summed E-state index contributed by atoms with van der Waals surface area (Å²) in [6, 6.07) is 11.7. The number of carbonyl (C=O) groups is 1. The van der Waals surface area contributed by atoms with Crippen molar-refractivity contribution in [3.05, 3.63) is 58.0 Å². The number of carboxylic acids is 1. The Bertz CT molecular complexity index is 761. The summed E-state index contributed by atoms with van der Waals surface area (Å²) in [6.45, 7) is 2.85. The van der Waals surface area contributed by atoms with Gasteiger partial charge in [0.25, 0.3) is 0 Å². The van der Waals surface area contributed by atoms with Crippen LogP contribution in [0.5, 0.6) is 0 Å². The molecule has 1 aromatic carbocycles. The molecular formula is C16H15NO3S. The summed E-state index contributed by atoms with van der Waals surface area (Å²) in [6.07, 6.45) is 0. The number of benzene rings is 1. The van der Waals surface area contributed by atoms with E-state index in [0.29, 0.717) is 11.6 Å². The predicted octanol–water partition coefficient (Wildman–Crippen LogP) is 4.04. The molecule has 108 valence electrons. The van der Waals surface area contributed by atoms with Crippen molar-refractivity contribution >= 4 is 28.3 Å². The lowest BCUT2D eigenvalue weighted by Gasteiger charge is -2.12. The molecule has 1 atom stereocenters. The maximum atomic E-state index is 10.9. The van der Waals surface area contributed by atoms with Crippen LogP contribution in [0, 0.1) is 0 Å². The molecule has 21 heavy (non-hydrogen) atoms. The van der Waals surface area contributed by atoms with E-state index in [1.807, 2.05) is 24.3 Å². The number of fused-ring (bicyclic) bond motifs is 1. The lowest BCUT2D eigenvalue weighted by molar-refractivity contribution is 0.0665. The Kier molecular flexibility index (Phi) is 3.77. The van der Waals surface area contributed by atoms with E-state index < -0.39 is 5.97 Å². The number of aromatic carboxylic acids is 1. The van der Waals surface area contributed by atoms with E-state index in [2.05, 4.69) is 23.7 Å². The van der Waals surface area contributed by atoms with Gasteiger partial charge in [-0.15, -0.1) is 11.3 Å².